The van der Waals surface area contributed by atoms with Gasteiger partial charge in [0.15, 0.2) is 17.2 Å². The number of aromatic nitrogens is 2. The van der Waals surface area contributed by atoms with Crippen LogP contribution in [0.1, 0.15) is 10.5 Å². The number of aryl methyl sites for hydroxylation is 1. The van der Waals surface area contributed by atoms with Gasteiger partial charge in [0.25, 0.3) is 0 Å². The van der Waals surface area contributed by atoms with Crippen LogP contribution >= 0.6 is 11.6 Å². The summed E-state index contributed by atoms with van der Waals surface area (Å²) in [5.74, 6) is -0.825. The van der Waals surface area contributed by atoms with Crippen LogP contribution in [0.15, 0.2) is 12.1 Å². The van der Waals surface area contributed by atoms with E-state index >= 15 is 0 Å². The lowest BCUT2D eigenvalue weighted by Crippen LogP contribution is -2.00. The highest BCUT2D eigenvalue weighted by Crippen LogP contribution is 2.47. The summed E-state index contributed by atoms with van der Waals surface area (Å²) in [4.78, 5) is 11.0. The minimum Gasteiger partial charge on any atom is -0.506 e. The van der Waals surface area contributed by atoms with E-state index in [1.165, 1.54) is 31.0 Å². The number of nitrogens with zero attached hydrogens (tertiary/aromatic N) is 2. The molecular weight excluding hydrogens is 300 g/mol. The molecule has 0 amide bonds. The predicted octanol–water partition coefficient (Wildman–Crippen LogP) is 2.16. The number of ether oxygens (including phenoxy) is 2. The SMILES string of the molecule is COc1cc(O)c(Cl)c(-c2cc(C(=O)O)nn2C)c1OC. The van der Waals surface area contributed by atoms with Crippen LogP contribution in [-0.2, 0) is 7.05 Å². The van der Waals surface area contributed by atoms with Gasteiger partial charge in [-0.3, -0.25) is 4.68 Å². The van der Waals surface area contributed by atoms with Crippen molar-refractivity contribution >= 4 is 17.6 Å². The molecule has 2 rings (SSSR count). The van der Waals surface area contributed by atoms with E-state index in [0.29, 0.717) is 11.3 Å². The van der Waals surface area contributed by atoms with Gasteiger partial charge in [-0.1, -0.05) is 11.6 Å². The summed E-state index contributed by atoms with van der Waals surface area (Å²) in [6.07, 6.45) is 0. The molecule has 0 aliphatic rings. The summed E-state index contributed by atoms with van der Waals surface area (Å²) in [6.45, 7) is 0. The number of phenols is 1. The Labute approximate surface area is 125 Å². The van der Waals surface area contributed by atoms with Crippen molar-refractivity contribution in [3.8, 4) is 28.5 Å². The number of rotatable bonds is 4. The van der Waals surface area contributed by atoms with Crippen LogP contribution in [0.2, 0.25) is 5.02 Å². The molecule has 0 aliphatic heterocycles. The zero-order valence-electron chi connectivity index (χ0n) is 11.5. The Kier molecular flexibility index (Phi) is 3.95. The maximum absolute atomic E-state index is 11.0. The molecule has 112 valence electrons. The molecule has 0 atom stereocenters. The highest BCUT2D eigenvalue weighted by molar-refractivity contribution is 6.35. The number of carboxylic acid groups (broad SMARTS) is 1. The van der Waals surface area contributed by atoms with E-state index in [2.05, 4.69) is 5.10 Å². The second-order valence-corrected chi connectivity index (χ2v) is 4.54. The highest BCUT2D eigenvalue weighted by Gasteiger charge is 2.24. The van der Waals surface area contributed by atoms with E-state index in [0.717, 1.165) is 0 Å². The minimum absolute atomic E-state index is 0.0209. The second kappa shape index (κ2) is 5.53. The summed E-state index contributed by atoms with van der Waals surface area (Å²) in [6, 6.07) is 2.66. The van der Waals surface area contributed by atoms with Gasteiger partial charge in [-0.25, -0.2) is 4.79 Å². The van der Waals surface area contributed by atoms with Gasteiger partial charge in [0.2, 0.25) is 0 Å². The van der Waals surface area contributed by atoms with E-state index in [9.17, 15) is 9.90 Å². The molecule has 2 aromatic rings. The van der Waals surface area contributed by atoms with Gasteiger partial charge in [0.1, 0.15) is 5.75 Å². The Bertz CT molecular complexity index is 711. The molecule has 8 heteroatoms. The van der Waals surface area contributed by atoms with Crippen molar-refractivity contribution in [2.75, 3.05) is 14.2 Å². The van der Waals surface area contributed by atoms with Gasteiger partial charge >= 0.3 is 5.97 Å². The minimum atomic E-state index is -1.17. The molecule has 0 saturated carbocycles. The molecule has 1 heterocycles. The molecule has 0 aliphatic carbocycles. The lowest BCUT2D eigenvalue weighted by atomic mass is 10.1. The van der Waals surface area contributed by atoms with E-state index < -0.39 is 5.97 Å². The van der Waals surface area contributed by atoms with Crippen LogP contribution in [0.5, 0.6) is 17.2 Å². The number of carboxylic acids is 1. The average molecular weight is 313 g/mol. The van der Waals surface area contributed by atoms with Crippen LogP contribution in [0.3, 0.4) is 0 Å². The van der Waals surface area contributed by atoms with E-state index in [-0.39, 0.29) is 28.0 Å². The van der Waals surface area contributed by atoms with Crippen molar-refractivity contribution in [2.24, 2.45) is 7.05 Å². The van der Waals surface area contributed by atoms with E-state index in [1.807, 2.05) is 0 Å². The van der Waals surface area contributed by atoms with Crippen molar-refractivity contribution < 1.29 is 24.5 Å². The molecule has 0 bridgehead atoms. The van der Waals surface area contributed by atoms with Crippen LogP contribution in [0, 0.1) is 0 Å². The average Bonchev–Trinajstić information content (AvgIpc) is 2.83. The highest BCUT2D eigenvalue weighted by atomic mass is 35.5. The molecule has 1 aromatic carbocycles. The topological polar surface area (TPSA) is 93.8 Å². The molecule has 2 N–H and O–H groups in total. The lowest BCUT2D eigenvalue weighted by molar-refractivity contribution is 0.0689. The molecule has 0 radical (unpaired) electrons. The summed E-state index contributed by atoms with van der Waals surface area (Å²) in [7, 11) is 4.40. The number of methoxy groups -OCH3 is 2. The van der Waals surface area contributed by atoms with Gasteiger partial charge < -0.3 is 19.7 Å². The van der Waals surface area contributed by atoms with Crippen LogP contribution in [-0.4, -0.2) is 40.2 Å². The number of benzene rings is 1. The summed E-state index contributed by atoms with van der Waals surface area (Å²) >= 11 is 6.13. The van der Waals surface area contributed by atoms with Gasteiger partial charge in [0, 0.05) is 13.1 Å². The van der Waals surface area contributed by atoms with Gasteiger partial charge in [-0.05, 0) is 6.07 Å². The Balaban J connectivity index is 2.79. The quantitative estimate of drug-likeness (QED) is 0.898. The van der Waals surface area contributed by atoms with E-state index in [4.69, 9.17) is 26.2 Å². The number of carbonyl (C=O) groups is 1. The Hall–Kier alpha value is -2.41. The Morgan fingerprint density at radius 3 is 2.48 bits per heavy atom. The third kappa shape index (κ3) is 2.47. The summed E-state index contributed by atoms with van der Waals surface area (Å²) < 4.78 is 11.8. The second-order valence-electron chi connectivity index (χ2n) is 4.16. The zero-order chi connectivity index (χ0) is 15.7. The maximum Gasteiger partial charge on any atom is 0.356 e. The first-order valence-corrected chi connectivity index (χ1v) is 6.19. The van der Waals surface area contributed by atoms with Crippen LogP contribution < -0.4 is 9.47 Å². The fourth-order valence-electron chi connectivity index (χ4n) is 1.99. The molecule has 1 aromatic heterocycles. The molecule has 0 saturated heterocycles. The third-order valence-corrected chi connectivity index (χ3v) is 3.32. The molecule has 0 fully saturated rings. The molecule has 7 nitrogen and oxygen atoms in total. The van der Waals surface area contributed by atoms with Crippen LogP contribution in [0.4, 0.5) is 0 Å². The van der Waals surface area contributed by atoms with E-state index in [1.54, 1.807) is 7.05 Å². The number of hydrogen-bond donors (Lipinski definition) is 2. The van der Waals surface area contributed by atoms with Crippen molar-refractivity contribution in [3.63, 3.8) is 0 Å². The monoisotopic (exact) mass is 312 g/mol. The van der Waals surface area contributed by atoms with Gasteiger partial charge in [-0.2, -0.15) is 5.10 Å². The number of phenolic OH excluding ortho intramolecular Hbond substituents is 1. The number of hydrogen-bond acceptors (Lipinski definition) is 5. The summed E-state index contributed by atoms with van der Waals surface area (Å²) in [5, 5.41) is 22.8. The zero-order valence-corrected chi connectivity index (χ0v) is 12.3. The Morgan fingerprint density at radius 1 is 1.33 bits per heavy atom. The Morgan fingerprint density at radius 2 is 2.00 bits per heavy atom. The molecular formula is C13H13ClN2O5. The van der Waals surface area contributed by atoms with Crippen molar-refractivity contribution in [1.82, 2.24) is 9.78 Å². The first-order valence-electron chi connectivity index (χ1n) is 5.81. The normalized spacial score (nSPS) is 10.5. The van der Waals surface area contributed by atoms with Crippen molar-refractivity contribution in [3.05, 3.63) is 22.8 Å². The molecule has 0 spiro atoms. The standard InChI is InChI=1S/C13H13ClN2O5/c1-16-7(4-6(15-16)13(18)19)10-11(14)8(17)5-9(20-2)12(10)21-3/h4-5,17H,1-3H3,(H,18,19). The first kappa shape index (κ1) is 15.0. The smallest absolute Gasteiger partial charge is 0.356 e. The lowest BCUT2D eigenvalue weighted by Gasteiger charge is -2.15. The van der Waals surface area contributed by atoms with Crippen molar-refractivity contribution in [2.45, 2.75) is 0 Å². The molecule has 21 heavy (non-hydrogen) atoms. The number of aromatic carboxylic acids is 1. The predicted molar refractivity (Wildman–Crippen MR) is 75.4 cm³/mol. The number of aromatic hydroxyl groups is 1. The fourth-order valence-corrected chi connectivity index (χ4v) is 2.23. The maximum atomic E-state index is 11.0. The summed E-state index contributed by atoms with van der Waals surface area (Å²) in [5.41, 5.74) is 0.537. The van der Waals surface area contributed by atoms with Crippen molar-refractivity contribution in [1.29, 1.82) is 0 Å². The first-order chi connectivity index (χ1) is 9.90. The fraction of sp³-hybridized carbons (Fsp3) is 0.231. The third-order valence-electron chi connectivity index (χ3n) is 2.94. The largest absolute Gasteiger partial charge is 0.506 e. The molecule has 0 unspecified atom stereocenters. The van der Waals surface area contributed by atoms with Gasteiger partial charge in [0.05, 0.1) is 30.5 Å². The van der Waals surface area contributed by atoms with Gasteiger partial charge in [-0.15, -0.1) is 0 Å². The van der Waals surface area contributed by atoms with Crippen LogP contribution in [0.25, 0.3) is 11.3 Å². The number of halogens is 1.